The standard InChI is InChI=1S/C16H27N3O2/c1-3-8-17-14-5-4-6-15-13(14)12-18-16(19-15)7-9-21-11-10-20-2/h12,14,17H,3-11H2,1-2H3. The van der Waals surface area contributed by atoms with Crippen LogP contribution in [-0.2, 0) is 22.3 Å². The van der Waals surface area contributed by atoms with Crippen LogP contribution in [-0.4, -0.2) is 43.4 Å². The van der Waals surface area contributed by atoms with E-state index in [2.05, 4.69) is 17.2 Å². The fourth-order valence-electron chi connectivity index (χ4n) is 2.65. The Morgan fingerprint density at radius 3 is 3.05 bits per heavy atom. The van der Waals surface area contributed by atoms with Crippen LogP contribution in [0.5, 0.6) is 0 Å². The molecule has 1 unspecified atom stereocenters. The zero-order valence-electron chi connectivity index (χ0n) is 13.2. The highest BCUT2D eigenvalue weighted by molar-refractivity contribution is 5.24. The first-order valence-corrected chi connectivity index (χ1v) is 8.00. The van der Waals surface area contributed by atoms with Crippen molar-refractivity contribution in [3.05, 3.63) is 23.3 Å². The van der Waals surface area contributed by atoms with E-state index in [-0.39, 0.29) is 0 Å². The first-order valence-electron chi connectivity index (χ1n) is 8.00. The van der Waals surface area contributed by atoms with Crippen LogP contribution in [0, 0.1) is 0 Å². The predicted molar refractivity (Wildman–Crippen MR) is 82.4 cm³/mol. The summed E-state index contributed by atoms with van der Waals surface area (Å²) in [7, 11) is 1.68. The van der Waals surface area contributed by atoms with E-state index in [1.807, 2.05) is 6.20 Å². The number of aryl methyl sites for hydroxylation is 1. The lowest BCUT2D eigenvalue weighted by Gasteiger charge is -2.25. The molecule has 0 spiro atoms. The average Bonchev–Trinajstić information content (AvgIpc) is 2.52. The quantitative estimate of drug-likeness (QED) is 0.706. The van der Waals surface area contributed by atoms with Crippen molar-refractivity contribution in [2.24, 2.45) is 0 Å². The van der Waals surface area contributed by atoms with Gasteiger partial charge in [0.1, 0.15) is 5.82 Å². The van der Waals surface area contributed by atoms with Gasteiger partial charge in [0.2, 0.25) is 0 Å². The Hall–Kier alpha value is -1.04. The van der Waals surface area contributed by atoms with E-state index in [0.29, 0.717) is 25.9 Å². The van der Waals surface area contributed by atoms with Gasteiger partial charge in [0.05, 0.1) is 19.8 Å². The SMILES string of the molecule is CCCNC1CCCc2nc(CCOCCOC)ncc21. The number of hydrogen-bond acceptors (Lipinski definition) is 5. The molecule has 1 atom stereocenters. The number of hydrogen-bond donors (Lipinski definition) is 1. The topological polar surface area (TPSA) is 56.3 Å². The van der Waals surface area contributed by atoms with Gasteiger partial charge in [0, 0.05) is 37.0 Å². The van der Waals surface area contributed by atoms with Crippen LogP contribution in [0.25, 0.3) is 0 Å². The maximum absolute atomic E-state index is 5.48. The fourth-order valence-corrected chi connectivity index (χ4v) is 2.65. The van der Waals surface area contributed by atoms with Gasteiger partial charge in [0.15, 0.2) is 0 Å². The minimum absolute atomic E-state index is 0.431. The molecule has 0 aliphatic heterocycles. The van der Waals surface area contributed by atoms with E-state index in [4.69, 9.17) is 14.5 Å². The number of rotatable bonds is 9. The first kappa shape index (κ1) is 16.3. The van der Waals surface area contributed by atoms with Crippen LogP contribution >= 0.6 is 0 Å². The van der Waals surface area contributed by atoms with Crippen LogP contribution < -0.4 is 5.32 Å². The molecule has 5 nitrogen and oxygen atoms in total. The Morgan fingerprint density at radius 1 is 1.33 bits per heavy atom. The van der Waals surface area contributed by atoms with E-state index >= 15 is 0 Å². The van der Waals surface area contributed by atoms with Crippen LogP contribution in [0.15, 0.2) is 6.20 Å². The summed E-state index contributed by atoms with van der Waals surface area (Å²) in [5, 5.41) is 3.59. The third-order valence-corrected chi connectivity index (χ3v) is 3.77. The molecule has 1 aliphatic carbocycles. The van der Waals surface area contributed by atoms with Gasteiger partial charge in [-0.2, -0.15) is 0 Å². The van der Waals surface area contributed by atoms with Gasteiger partial charge in [0.25, 0.3) is 0 Å². The van der Waals surface area contributed by atoms with E-state index in [0.717, 1.165) is 31.6 Å². The Labute approximate surface area is 127 Å². The van der Waals surface area contributed by atoms with Crippen molar-refractivity contribution in [2.75, 3.05) is 33.5 Å². The van der Waals surface area contributed by atoms with E-state index in [1.54, 1.807) is 7.11 Å². The Bertz CT molecular complexity index is 426. The molecule has 0 aromatic carbocycles. The minimum atomic E-state index is 0.431. The fraction of sp³-hybridized carbons (Fsp3) is 0.750. The average molecular weight is 293 g/mol. The molecular formula is C16H27N3O2. The van der Waals surface area contributed by atoms with Crippen molar-refractivity contribution in [2.45, 2.75) is 45.1 Å². The van der Waals surface area contributed by atoms with Crippen molar-refractivity contribution >= 4 is 0 Å². The highest BCUT2D eigenvalue weighted by Crippen LogP contribution is 2.27. The summed E-state index contributed by atoms with van der Waals surface area (Å²) in [5.41, 5.74) is 2.51. The molecule has 0 bridgehead atoms. The van der Waals surface area contributed by atoms with Gasteiger partial charge in [-0.15, -0.1) is 0 Å². The molecule has 0 fully saturated rings. The van der Waals surface area contributed by atoms with Crippen LogP contribution in [0.4, 0.5) is 0 Å². The summed E-state index contributed by atoms with van der Waals surface area (Å²) < 4.78 is 10.4. The monoisotopic (exact) mass is 293 g/mol. The van der Waals surface area contributed by atoms with Crippen molar-refractivity contribution in [3.8, 4) is 0 Å². The van der Waals surface area contributed by atoms with Gasteiger partial charge < -0.3 is 14.8 Å². The summed E-state index contributed by atoms with van der Waals surface area (Å²) in [4.78, 5) is 9.23. The van der Waals surface area contributed by atoms with Crippen molar-refractivity contribution in [1.82, 2.24) is 15.3 Å². The molecule has 118 valence electrons. The maximum atomic E-state index is 5.48. The molecule has 0 saturated heterocycles. The van der Waals surface area contributed by atoms with E-state index < -0.39 is 0 Å². The van der Waals surface area contributed by atoms with Crippen LogP contribution in [0.1, 0.15) is 49.3 Å². The predicted octanol–water partition coefficient (Wildman–Crippen LogP) is 2.06. The summed E-state index contributed by atoms with van der Waals surface area (Å²) in [5.74, 6) is 0.891. The minimum Gasteiger partial charge on any atom is -0.382 e. The third-order valence-electron chi connectivity index (χ3n) is 3.77. The Balaban J connectivity index is 1.89. The number of fused-ring (bicyclic) bond motifs is 1. The van der Waals surface area contributed by atoms with Gasteiger partial charge in [-0.3, -0.25) is 0 Å². The number of aromatic nitrogens is 2. The summed E-state index contributed by atoms with van der Waals surface area (Å²) in [6.45, 7) is 5.17. The largest absolute Gasteiger partial charge is 0.382 e. The molecule has 0 saturated carbocycles. The van der Waals surface area contributed by atoms with E-state index in [1.165, 1.54) is 24.1 Å². The second-order valence-electron chi connectivity index (χ2n) is 5.44. The lowest BCUT2D eigenvalue weighted by atomic mass is 9.92. The number of methoxy groups -OCH3 is 1. The molecule has 5 heteroatoms. The van der Waals surface area contributed by atoms with Gasteiger partial charge in [-0.1, -0.05) is 6.92 Å². The molecule has 1 heterocycles. The lowest BCUT2D eigenvalue weighted by molar-refractivity contribution is 0.0716. The normalized spacial score (nSPS) is 17.7. The Kier molecular flexibility index (Phi) is 7.06. The first-order chi connectivity index (χ1) is 10.3. The molecule has 21 heavy (non-hydrogen) atoms. The second kappa shape index (κ2) is 9.07. The van der Waals surface area contributed by atoms with Crippen LogP contribution in [0.2, 0.25) is 0 Å². The molecule has 2 rings (SSSR count). The van der Waals surface area contributed by atoms with Gasteiger partial charge in [-0.05, 0) is 32.2 Å². The second-order valence-corrected chi connectivity index (χ2v) is 5.44. The molecule has 1 aromatic heterocycles. The van der Waals surface area contributed by atoms with E-state index in [9.17, 15) is 0 Å². The molecular weight excluding hydrogens is 266 g/mol. The molecule has 0 radical (unpaired) electrons. The molecule has 1 aliphatic rings. The van der Waals surface area contributed by atoms with Crippen molar-refractivity contribution < 1.29 is 9.47 Å². The highest BCUT2D eigenvalue weighted by atomic mass is 16.5. The number of nitrogens with zero attached hydrogens (tertiary/aromatic N) is 2. The third kappa shape index (κ3) is 5.02. The molecule has 0 amide bonds. The van der Waals surface area contributed by atoms with Crippen molar-refractivity contribution in [1.29, 1.82) is 0 Å². The zero-order valence-corrected chi connectivity index (χ0v) is 13.2. The maximum Gasteiger partial charge on any atom is 0.130 e. The zero-order chi connectivity index (χ0) is 14.9. The molecule has 1 N–H and O–H groups in total. The van der Waals surface area contributed by atoms with Gasteiger partial charge >= 0.3 is 0 Å². The van der Waals surface area contributed by atoms with Gasteiger partial charge in [-0.25, -0.2) is 9.97 Å². The summed E-state index contributed by atoms with van der Waals surface area (Å²) in [6, 6.07) is 0.431. The summed E-state index contributed by atoms with van der Waals surface area (Å²) in [6.07, 6.45) is 7.40. The van der Waals surface area contributed by atoms with Crippen LogP contribution in [0.3, 0.4) is 0 Å². The summed E-state index contributed by atoms with van der Waals surface area (Å²) >= 11 is 0. The Morgan fingerprint density at radius 2 is 2.24 bits per heavy atom. The van der Waals surface area contributed by atoms with Crippen molar-refractivity contribution in [3.63, 3.8) is 0 Å². The number of ether oxygens (including phenoxy) is 2. The highest BCUT2D eigenvalue weighted by Gasteiger charge is 2.21. The number of nitrogens with one attached hydrogen (secondary N) is 1. The molecule has 1 aromatic rings. The smallest absolute Gasteiger partial charge is 0.130 e. The lowest BCUT2D eigenvalue weighted by Crippen LogP contribution is -2.27.